The molecule has 3 fully saturated rings. The second kappa shape index (κ2) is 9.16. The Morgan fingerprint density at radius 3 is 2.95 bits per heavy atom. The quantitative estimate of drug-likeness (QED) is 0.537. The molecular formula is C25H25ClFN5O4S. The zero-order valence-electron chi connectivity index (χ0n) is 20.2. The van der Waals surface area contributed by atoms with Crippen molar-refractivity contribution in [3.8, 4) is 0 Å². The van der Waals surface area contributed by atoms with Gasteiger partial charge in [0.2, 0.25) is 5.91 Å². The predicted octanol–water partition coefficient (Wildman–Crippen LogP) is 2.43. The molecule has 6 rings (SSSR count). The van der Waals surface area contributed by atoms with E-state index in [0.717, 1.165) is 6.42 Å². The molecule has 1 amide bonds. The highest BCUT2D eigenvalue weighted by molar-refractivity contribution is 7.11. The van der Waals surface area contributed by atoms with Crippen LogP contribution >= 0.6 is 22.9 Å². The minimum atomic E-state index is -0.810. The Labute approximate surface area is 221 Å². The number of nitrogens with zero attached hydrogens (tertiary/aromatic N) is 3. The van der Waals surface area contributed by atoms with E-state index in [4.69, 9.17) is 26.1 Å². The number of rotatable bonds is 6. The van der Waals surface area contributed by atoms with Crippen molar-refractivity contribution in [2.24, 2.45) is 10.4 Å². The first-order chi connectivity index (χ1) is 17.8. The molecule has 1 saturated carbocycles. The van der Waals surface area contributed by atoms with E-state index in [1.54, 1.807) is 12.3 Å². The molecule has 194 valence electrons. The fourth-order valence-corrected chi connectivity index (χ4v) is 7.14. The lowest BCUT2D eigenvalue weighted by atomic mass is 9.50. The molecule has 5 atom stereocenters. The Kier molecular flexibility index (Phi) is 6.06. The molecule has 37 heavy (non-hydrogen) atoms. The first-order valence-corrected chi connectivity index (χ1v) is 13.2. The van der Waals surface area contributed by atoms with Crippen LogP contribution in [0.25, 0.3) is 0 Å². The van der Waals surface area contributed by atoms with Crippen molar-refractivity contribution in [3.05, 3.63) is 62.5 Å². The molecule has 0 bridgehead atoms. The molecule has 1 aromatic carbocycles. The van der Waals surface area contributed by atoms with Gasteiger partial charge in [0, 0.05) is 64.9 Å². The van der Waals surface area contributed by atoms with E-state index in [0.29, 0.717) is 47.4 Å². The summed E-state index contributed by atoms with van der Waals surface area (Å²) in [7, 11) is 1.32. The average Bonchev–Trinajstić information content (AvgIpc) is 3.55. The summed E-state index contributed by atoms with van der Waals surface area (Å²) in [6, 6.07) is 3.63. The van der Waals surface area contributed by atoms with Crippen LogP contribution in [-0.4, -0.2) is 72.6 Å². The molecule has 5 unspecified atom stereocenters. The maximum absolute atomic E-state index is 13.9. The van der Waals surface area contributed by atoms with Crippen LogP contribution in [0.4, 0.5) is 4.39 Å². The smallest absolute Gasteiger partial charge is 0.338 e. The van der Waals surface area contributed by atoms with Crippen molar-refractivity contribution >= 4 is 40.6 Å². The number of aromatic nitrogens is 1. The molecule has 4 heterocycles. The maximum atomic E-state index is 13.9. The van der Waals surface area contributed by atoms with Gasteiger partial charge in [-0.1, -0.05) is 17.7 Å². The van der Waals surface area contributed by atoms with Crippen LogP contribution in [0.2, 0.25) is 5.02 Å². The number of amidine groups is 1. The summed E-state index contributed by atoms with van der Waals surface area (Å²) in [4.78, 5) is 36.4. The van der Waals surface area contributed by atoms with E-state index in [-0.39, 0.29) is 34.5 Å². The van der Waals surface area contributed by atoms with Crippen molar-refractivity contribution in [3.63, 3.8) is 0 Å². The molecule has 2 N–H and O–H groups in total. The van der Waals surface area contributed by atoms with Crippen molar-refractivity contribution in [2.45, 2.75) is 37.5 Å². The molecule has 12 heteroatoms. The number of carbonyl (C=O) groups is 2. The lowest BCUT2D eigenvalue weighted by Crippen LogP contribution is -2.85. The summed E-state index contributed by atoms with van der Waals surface area (Å²) in [5.41, 5.74) is 1.32. The summed E-state index contributed by atoms with van der Waals surface area (Å²) >= 11 is 7.85. The van der Waals surface area contributed by atoms with Gasteiger partial charge < -0.3 is 20.1 Å². The first-order valence-electron chi connectivity index (χ1n) is 11.9. The topological polar surface area (TPSA) is 105 Å². The van der Waals surface area contributed by atoms with Gasteiger partial charge in [0.25, 0.3) is 0 Å². The molecule has 2 aromatic rings. The summed E-state index contributed by atoms with van der Waals surface area (Å²) in [5.74, 6) is -0.571. The summed E-state index contributed by atoms with van der Waals surface area (Å²) < 4.78 is 24.9. The Bertz CT molecular complexity index is 1330. The third-order valence-corrected chi connectivity index (χ3v) is 9.03. The van der Waals surface area contributed by atoms with E-state index in [9.17, 15) is 14.0 Å². The van der Waals surface area contributed by atoms with Gasteiger partial charge >= 0.3 is 5.97 Å². The van der Waals surface area contributed by atoms with Gasteiger partial charge in [-0.25, -0.2) is 14.2 Å². The third kappa shape index (κ3) is 3.79. The number of carbonyl (C=O) groups excluding carboxylic acids is 2. The molecule has 0 radical (unpaired) electrons. The second-order valence-electron chi connectivity index (χ2n) is 9.71. The number of ether oxygens (including phenoxy) is 2. The van der Waals surface area contributed by atoms with E-state index < -0.39 is 17.8 Å². The van der Waals surface area contributed by atoms with Crippen LogP contribution < -0.4 is 10.6 Å². The molecule has 4 aliphatic rings. The highest BCUT2D eigenvalue weighted by Crippen LogP contribution is 2.60. The Balaban J connectivity index is 1.38. The van der Waals surface area contributed by atoms with Crippen LogP contribution in [0, 0.1) is 11.2 Å². The van der Waals surface area contributed by atoms with Gasteiger partial charge in [0.1, 0.15) is 11.9 Å². The zero-order valence-corrected chi connectivity index (χ0v) is 21.7. The third-order valence-electron chi connectivity index (χ3n) is 7.92. The normalized spacial score (nSPS) is 30.3. The molecule has 3 aliphatic heterocycles. The number of nitrogens with one attached hydrogen (secondary N) is 2. The van der Waals surface area contributed by atoms with Gasteiger partial charge in [0.15, 0.2) is 10.8 Å². The van der Waals surface area contributed by atoms with Gasteiger partial charge in [-0.15, -0.1) is 11.3 Å². The summed E-state index contributed by atoms with van der Waals surface area (Å²) in [6.07, 6.45) is 2.49. The van der Waals surface area contributed by atoms with E-state index in [2.05, 4.69) is 20.5 Å². The number of piperidine rings is 1. The molecule has 1 spiro atoms. The molecule has 2 saturated heterocycles. The highest BCUT2D eigenvalue weighted by Gasteiger charge is 2.73. The highest BCUT2D eigenvalue weighted by atomic mass is 35.5. The summed E-state index contributed by atoms with van der Waals surface area (Å²) in [6.45, 7) is 3.09. The van der Waals surface area contributed by atoms with E-state index in [1.807, 2.05) is 5.38 Å². The Morgan fingerprint density at radius 1 is 1.41 bits per heavy atom. The monoisotopic (exact) mass is 545 g/mol. The van der Waals surface area contributed by atoms with Crippen molar-refractivity contribution in [1.29, 1.82) is 0 Å². The first kappa shape index (κ1) is 24.5. The van der Waals surface area contributed by atoms with Crippen LogP contribution in [0.1, 0.15) is 30.0 Å². The van der Waals surface area contributed by atoms with E-state index >= 15 is 0 Å². The SMILES string of the molecule is COC(=O)C1=C(CN2C3COCC34C(NC(C)=O)CC24)NC(c2nccs2)=NC1c1ccc(F)cc1Cl. The number of methoxy groups -OCH3 is 1. The van der Waals surface area contributed by atoms with Crippen LogP contribution in [0.15, 0.2) is 46.0 Å². The van der Waals surface area contributed by atoms with Crippen molar-refractivity contribution in [1.82, 2.24) is 20.5 Å². The van der Waals surface area contributed by atoms with Gasteiger partial charge in [0.05, 0.1) is 25.9 Å². The van der Waals surface area contributed by atoms with Crippen molar-refractivity contribution < 1.29 is 23.5 Å². The molecule has 9 nitrogen and oxygen atoms in total. The lowest BCUT2D eigenvalue weighted by Gasteiger charge is -2.70. The number of likely N-dealkylation sites (tertiary alicyclic amines) is 1. The lowest BCUT2D eigenvalue weighted by molar-refractivity contribution is -0.198. The molecule has 1 aromatic heterocycles. The number of hydrogen-bond acceptors (Lipinski definition) is 9. The van der Waals surface area contributed by atoms with Crippen molar-refractivity contribution in [2.75, 3.05) is 26.9 Å². The predicted molar refractivity (Wildman–Crippen MR) is 135 cm³/mol. The molecule has 1 aliphatic carbocycles. The van der Waals surface area contributed by atoms with Crippen LogP contribution in [-0.2, 0) is 19.1 Å². The number of hydrogen-bond donors (Lipinski definition) is 2. The standard InChI is InChI=1S/C25H25ClFN5O4S/c1-12(33)29-17-8-18-25(17)11-36-10-19(25)32(18)9-16-20(24(34)35-2)21(14-4-3-13(27)7-15(14)26)31-22(30-16)23-28-5-6-37-23/h3-7,17-19,21H,8-11H2,1-2H3,(H,29,33)(H,30,31). The number of esters is 1. The Morgan fingerprint density at radius 2 is 2.24 bits per heavy atom. The van der Waals surface area contributed by atoms with Crippen LogP contribution in [0.3, 0.4) is 0 Å². The average molecular weight is 546 g/mol. The summed E-state index contributed by atoms with van der Waals surface area (Å²) in [5, 5.41) is 9.08. The molecular weight excluding hydrogens is 521 g/mol. The van der Waals surface area contributed by atoms with Crippen LogP contribution in [0.5, 0.6) is 0 Å². The number of aliphatic imine (C=N–C) groups is 1. The largest absolute Gasteiger partial charge is 0.466 e. The minimum Gasteiger partial charge on any atom is -0.466 e. The number of halogens is 2. The zero-order chi connectivity index (χ0) is 25.9. The second-order valence-corrected chi connectivity index (χ2v) is 11.0. The Hall–Kier alpha value is -2.86. The van der Waals surface area contributed by atoms with Gasteiger partial charge in [-0.3, -0.25) is 14.7 Å². The fourth-order valence-electron chi connectivity index (χ4n) is 6.28. The maximum Gasteiger partial charge on any atom is 0.338 e. The fraction of sp³-hybridized carbons (Fsp3) is 0.440. The van der Waals surface area contributed by atoms with E-state index in [1.165, 1.54) is 37.5 Å². The number of amides is 1. The number of thiazole rings is 1. The van der Waals surface area contributed by atoms with Gasteiger partial charge in [-0.05, 0) is 18.6 Å². The number of benzene rings is 1. The minimum absolute atomic E-state index is 0.0464. The van der Waals surface area contributed by atoms with Gasteiger partial charge in [-0.2, -0.15) is 0 Å².